The third-order valence-electron chi connectivity index (χ3n) is 23.6. The summed E-state index contributed by atoms with van der Waals surface area (Å²) in [5, 5.41) is 71.8. The van der Waals surface area contributed by atoms with Crippen LogP contribution in [0.3, 0.4) is 0 Å². The van der Waals surface area contributed by atoms with Gasteiger partial charge >= 0.3 is 18.2 Å². The summed E-state index contributed by atoms with van der Waals surface area (Å²) in [7, 11) is -0.813. The number of alkyl halides is 2. The second-order valence-electron chi connectivity index (χ2n) is 38.5. The predicted molar refractivity (Wildman–Crippen MR) is 579 cm³/mol. The highest BCUT2D eigenvalue weighted by atomic mass is 35.5. The van der Waals surface area contributed by atoms with Gasteiger partial charge in [-0.05, 0) is 123 Å². The molecule has 8 heterocycles. The molecule has 34 heteroatoms. The molecule has 4 atom stereocenters. The van der Waals surface area contributed by atoms with Crippen LogP contribution in [0.1, 0.15) is 138 Å². The van der Waals surface area contributed by atoms with E-state index >= 15 is 0 Å². The second-order valence-corrected chi connectivity index (χ2v) is 40.8. The molecule has 7 saturated heterocycles. The van der Waals surface area contributed by atoms with Gasteiger partial charge in [-0.25, -0.2) is 22.7 Å². The number of ether oxygens (including phenoxy) is 5. The smallest absolute Gasteiger partial charge is 0.410 e. The van der Waals surface area contributed by atoms with Gasteiger partial charge in [-0.3, -0.25) is 14.5 Å². The van der Waals surface area contributed by atoms with E-state index in [1.807, 2.05) is 238 Å². The Morgan fingerprint density at radius 2 is 0.926 bits per heavy atom. The first-order chi connectivity index (χ1) is 71.0. The Labute approximate surface area is 882 Å². The van der Waals surface area contributed by atoms with Gasteiger partial charge in [0.1, 0.15) is 29.0 Å². The number of halogens is 2. The number of carbonyl (C=O) groups is 4. The van der Waals surface area contributed by atoms with Crippen molar-refractivity contribution in [3.8, 4) is 18.6 Å². The number of likely N-dealkylation sites (tertiary alicyclic amines) is 6. The topological polar surface area (TPSA) is 437 Å². The normalized spacial score (nSPS) is 15.8. The summed E-state index contributed by atoms with van der Waals surface area (Å²) in [6, 6.07) is 94.0. The molecule has 0 aliphatic carbocycles. The van der Waals surface area contributed by atoms with Crippen LogP contribution in [-0.2, 0) is 56.5 Å². The monoisotopic (exact) mass is 2080 g/mol. The number of fused-ring (bicyclic) bond motifs is 3. The highest BCUT2D eigenvalue weighted by Crippen LogP contribution is 2.34. The summed E-state index contributed by atoms with van der Waals surface area (Å²) >= 11 is 10.9. The molecular weight excluding hydrogens is 1940 g/mol. The predicted octanol–water partition coefficient (Wildman–Crippen LogP) is 15.2. The van der Waals surface area contributed by atoms with Crippen molar-refractivity contribution < 1.29 is 76.1 Å². The maximum atomic E-state index is 12.5. The Bertz CT molecular complexity index is 5760. The van der Waals surface area contributed by atoms with Gasteiger partial charge in [0, 0.05) is 75.6 Å². The number of esters is 1. The molecule has 18 rings (SSSR count). The fourth-order valence-corrected chi connectivity index (χ4v) is 16.7. The van der Waals surface area contributed by atoms with Crippen LogP contribution in [0.15, 0.2) is 294 Å². The Morgan fingerprint density at radius 1 is 0.527 bits per heavy atom. The SMILES string of the molecule is CC(C)(C)OC(=O)N1CC(N)C1.CC(C)(C)OC(=O)N1CC(O)C1.CC(C)C(=O)OCc1ccccc1.CC[C@H](C)[C@H](NC)C(=O)NC1CN(C#N)C1.CO.ClCC1CO1.N#CN1CC(NS(=O)(=O)c2ccc3oc4ccccc4c3c2)C1.N#CN1CC(OCc2ccccc2)C1.NC(c1ccccc1)c1ccccc1.OC(CCl)CNC(c1ccccc1)c1ccccc1.OC1CN(C(c2ccccc2)c2ccccc2)C1. The zero-order valence-electron chi connectivity index (χ0n) is 86.7. The van der Waals surface area contributed by atoms with Gasteiger partial charge in [0.05, 0.1) is 136 Å². The van der Waals surface area contributed by atoms with E-state index in [4.69, 9.17) is 88.8 Å². The van der Waals surface area contributed by atoms with Gasteiger partial charge < -0.3 is 100 Å². The minimum absolute atomic E-state index is 0.0163. The molecule has 10 aromatic carbocycles. The van der Waals surface area contributed by atoms with Crippen molar-refractivity contribution in [1.29, 1.82) is 15.8 Å². The summed E-state index contributed by atoms with van der Waals surface area (Å²) in [6.07, 6.45) is 6.05. The number of nitriles is 3. The number of rotatable bonds is 26. The molecule has 3 amide bonds. The average Bonchev–Trinajstić information content (AvgIpc) is 1.62. The molecule has 794 valence electrons. The Hall–Kier alpha value is -12.6. The molecule has 148 heavy (non-hydrogen) atoms. The number of nitrogens with two attached hydrogens (primary N) is 2. The zero-order chi connectivity index (χ0) is 108. The molecule has 0 radical (unpaired) electrons. The number of furan rings is 1. The lowest BCUT2D eigenvalue weighted by Gasteiger charge is -2.42. The molecule has 0 bridgehead atoms. The summed E-state index contributed by atoms with van der Waals surface area (Å²) in [5.74, 6) is 1.06. The first kappa shape index (κ1) is 121. The van der Waals surface area contributed by atoms with Crippen molar-refractivity contribution in [3.63, 3.8) is 0 Å². The van der Waals surface area contributed by atoms with Crippen LogP contribution in [0.4, 0.5) is 9.59 Å². The Morgan fingerprint density at radius 3 is 1.32 bits per heavy atom. The lowest BCUT2D eigenvalue weighted by Crippen LogP contribution is -2.60. The van der Waals surface area contributed by atoms with Crippen molar-refractivity contribution in [2.75, 3.05) is 118 Å². The molecule has 1 aromatic heterocycles. The fourth-order valence-electron chi connectivity index (χ4n) is 15.2. The lowest BCUT2D eigenvalue weighted by molar-refractivity contribution is -0.148. The summed E-state index contributed by atoms with van der Waals surface area (Å²) < 4.78 is 58.9. The van der Waals surface area contributed by atoms with Gasteiger partial charge in [0.15, 0.2) is 18.6 Å². The van der Waals surface area contributed by atoms with Crippen LogP contribution < -0.4 is 32.1 Å². The fraction of sp³-hybridized carbons (Fsp3) is 0.412. The van der Waals surface area contributed by atoms with Crippen LogP contribution in [-0.4, -0.2) is 266 Å². The lowest BCUT2D eigenvalue weighted by atomic mass is 9.94. The van der Waals surface area contributed by atoms with E-state index in [2.05, 4.69) is 143 Å². The number of likely N-dealkylation sites (N-methyl/N-ethyl adjacent to an activating group) is 1. The van der Waals surface area contributed by atoms with Crippen molar-refractivity contribution in [3.05, 3.63) is 330 Å². The first-order valence-corrected chi connectivity index (χ1v) is 52.2. The van der Waals surface area contributed by atoms with Crippen LogP contribution in [0.25, 0.3) is 21.9 Å². The number of nitrogens with one attached hydrogen (secondary N) is 4. The summed E-state index contributed by atoms with van der Waals surface area (Å²) in [6.45, 7) is 28.3. The van der Waals surface area contributed by atoms with Gasteiger partial charge in [-0.1, -0.05) is 295 Å². The number of hydrogen-bond acceptors (Lipinski definition) is 27. The molecular formula is C114H147Cl2N15O16S. The highest BCUT2D eigenvalue weighted by Gasteiger charge is 2.37. The van der Waals surface area contributed by atoms with Gasteiger partial charge in [-0.2, -0.15) is 15.8 Å². The van der Waals surface area contributed by atoms with E-state index in [-0.39, 0.29) is 101 Å². The van der Waals surface area contributed by atoms with Gasteiger partial charge in [0.2, 0.25) is 15.9 Å². The first-order valence-electron chi connectivity index (χ1n) is 49.7. The van der Waals surface area contributed by atoms with E-state index in [0.29, 0.717) is 95.6 Å². The Balaban J connectivity index is 0.000000203. The van der Waals surface area contributed by atoms with Gasteiger partial charge in [0.25, 0.3) is 0 Å². The van der Waals surface area contributed by atoms with E-state index in [1.54, 1.807) is 33.9 Å². The van der Waals surface area contributed by atoms with E-state index in [9.17, 15) is 37.8 Å². The van der Waals surface area contributed by atoms with Crippen LogP contribution >= 0.6 is 23.2 Å². The average molecular weight is 2090 g/mol. The molecule has 2 unspecified atom stereocenters. The number of nitrogens with zero attached hydrogens (tertiary/aromatic N) is 9. The number of benzene rings is 10. The minimum Gasteiger partial charge on any atom is -0.461 e. The van der Waals surface area contributed by atoms with Crippen molar-refractivity contribution in [2.24, 2.45) is 23.3 Å². The van der Waals surface area contributed by atoms with Crippen LogP contribution in [0, 0.1) is 46.2 Å². The van der Waals surface area contributed by atoms with Crippen LogP contribution in [0.2, 0.25) is 0 Å². The molecule has 12 N–H and O–H groups in total. The largest absolute Gasteiger partial charge is 0.461 e. The number of hydrogen-bond donors (Lipinski definition) is 10. The van der Waals surface area contributed by atoms with Crippen molar-refractivity contribution in [2.45, 2.75) is 178 Å². The Kier molecular flexibility index (Phi) is 51.1. The summed E-state index contributed by atoms with van der Waals surface area (Å²) in [4.78, 5) is 55.8. The van der Waals surface area contributed by atoms with Gasteiger partial charge in [-0.15, -0.1) is 23.2 Å². The molecule has 7 aliphatic heterocycles. The number of sulfonamides is 1. The van der Waals surface area contributed by atoms with Crippen molar-refractivity contribution >= 4 is 79.2 Å². The molecule has 11 aromatic rings. The quantitative estimate of drug-likeness (QED) is 0.00791. The number of aliphatic hydroxyl groups excluding tert-OH is 4. The van der Waals surface area contributed by atoms with Crippen molar-refractivity contribution in [1.82, 2.24) is 50.1 Å². The van der Waals surface area contributed by atoms with E-state index in [1.165, 1.54) is 43.7 Å². The number of β-amino-alcohol motifs (C(OH)–C–C–N with tert-alkyl or cyclic N) is 2. The zero-order valence-corrected chi connectivity index (χ0v) is 89.0. The van der Waals surface area contributed by atoms with E-state index < -0.39 is 27.3 Å². The maximum Gasteiger partial charge on any atom is 0.410 e. The number of epoxide rings is 1. The maximum absolute atomic E-state index is 12.5. The standard InChI is InChI=1S/C16H18ClNO.C16H13N3O3S.C16H17NO.C13H13N.C11H20N4O.C11H12N2O.C11H14O2.C8H16N2O2.C8H15NO3.C3H5ClO.CH4O/c17-11-15(19)12-18-16(13-7-3-1-4-8-13)14-9-5-2-6-10-14;17-10-19-8-11(9-19)18-23(20,21)12-5-6-16-14(7-12)13-3-1-2-4-15(13)22-16;18-15-11-17(12-15)16(13-7-3-1-4-8-13)14-9-5-2-6-10-14;14-13(11-7-3-1-4-8-11)12-9-5-2-6-10-12;1-4-8(2)10(13-3)11(16)14-9-5-15(6-9)7-12;12-9-13-6-11(7-13)14-8-10-4-2-1-3-5-10;1-9(2)11(12)13-8-10-6-4-3-5-7-10;1-8(2,3)12-7(11)10-4-6(9)5-10;1-8(2,3)12-7(11)9-4-6(10)5-9;4-1-3-2-5-3;1-2/h1-10,15-16,18-19H,11-12H2;1-7,11,18H,8-9H2;1-10,15-16,18H,11-12H2;1-10,13H,14H2;8-10,13H,4-6H2,1-3H3,(H,14,16);1-5,11H,6-8H2;3-7,9H,8H2,1-2H3;6H,4-5,9H2,1-3H3;6,10H,4-5H2,1-3H3;3H,1-2H2;2H,1H3/t;;;;8-,10-;;;;;;/m....0....../s1. The number of para-hydroxylation sites is 1. The summed E-state index contributed by atoms with van der Waals surface area (Å²) in [5.41, 5.74) is 21.6. The number of aliphatic hydroxyl groups is 4. The molecule has 0 spiro atoms. The molecule has 0 saturated carbocycles. The van der Waals surface area contributed by atoms with E-state index in [0.717, 1.165) is 79.4 Å². The third-order valence-corrected chi connectivity index (χ3v) is 25.9. The molecule has 7 aliphatic rings. The number of carbonyl (C=O) groups excluding carboxylic acids is 4. The molecule has 31 nitrogen and oxygen atoms in total. The second kappa shape index (κ2) is 62.6. The minimum atomic E-state index is -3.62. The molecule has 7 fully saturated rings. The third kappa shape index (κ3) is 41.8. The van der Waals surface area contributed by atoms with Crippen LogP contribution in [0.5, 0.6) is 0 Å². The highest BCUT2D eigenvalue weighted by molar-refractivity contribution is 7.89. The number of amides is 3.